The standard InChI is InChI=1S/C24H25BrN2O5S/c1-17(18-9-14-22(31-2)23(15-18)32-3)26-24(28)16-27(20-12-10-19(25)11-13-20)33(29,30)21-7-5-4-6-8-21/h4-15,17H,16H2,1-3H3,(H,26,28)/t17-/m0/s1. The van der Waals surface area contributed by atoms with E-state index in [1.165, 1.54) is 19.2 Å². The molecule has 1 amide bonds. The van der Waals surface area contributed by atoms with Crippen LogP contribution in [0, 0.1) is 0 Å². The fraction of sp³-hybridized carbons (Fsp3) is 0.208. The van der Waals surface area contributed by atoms with Gasteiger partial charge in [0.15, 0.2) is 11.5 Å². The van der Waals surface area contributed by atoms with Crippen LogP contribution in [-0.4, -0.2) is 35.1 Å². The molecule has 0 aliphatic rings. The molecule has 3 aromatic rings. The Balaban J connectivity index is 1.85. The SMILES string of the molecule is COc1ccc([C@H](C)NC(=O)CN(c2ccc(Br)cc2)S(=O)(=O)c2ccccc2)cc1OC. The summed E-state index contributed by atoms with van der Waals surface area (Å²) in [6.45, 7) is 1.44. The second-order valence-electron chi connectivity index (χ2n) is 7.20. The second kappa shape index (κ2) is 10.7. The maximum Gasteiger partial charge on any atom is 0.264 e. The monoisotopic (exact) mass is 532 g/mol. The van der Waals surface area contributed by atoms with Crippen molar-refractivity contribution < 1.29 is 22.7 Å². The first kappa shape index (κ1) is 24.6. The third kappa shape index (κ3) is 5.85. The molecule has 0 saturated carbocycles. The van der Waals surface area contributed by atoms with Gasteiger partial charge in [0.25, 0.3) is 10.0 Å². The number of carbonyl (C=O) groups is 1. The van der Waals surface area contributed by atoms with Crippen LogP contribution in [0.2, 0.25) is 0 Å². The summed E-state index contributed by atoms with van der Waals surface area (Å²) in [5.41, 5.74) is 1.18. The maximum atomic E-state index is 13.4. The van der Waals surface area contributed by atoms with Crippen molar-refractivity contribution in [1.29, 1.82) is 0 Å². The van der Waals surface area contributed by atoms with Crippen molar-refractivity contribution in [3.05, 3.63) is 82.8 Å². The molecular weight excluding hydrogens is 508 g/mol. The van der Waals surface area contributed by atoms with Crippen LogP contribution in [0.25, 0.3) is 0 Å². The predicted octanol–water partition coefficient (Wildman–Crippen LogP) is 4.54. The van der Waals surface area contributed by atoms with E-state index in [4.69, 9.17) is 9.47 Å². The molecular formula is C24H25BrN2O5S. The van der Waals surface area contributed by atoms with Crippen LogP contribution in [0.4, 0.5) is 5.69 Å². The number of nitrogens with zero attached hydrogens (tertiary/aromatic N) is 1. The molecule has 7 nitrogen and oxygen atoms in total. The van der Waals surface area contributed by atoms with Gasteiger partial charge >= 0.3 is 0 Å². The van der Waals surface area contributed by atoms with Gasteiger partial charge in [0, 0.05) is 4.47 Å². The fourth-order valence-electron chi connectivity index (χ4n) is 3.27. The number of carbonyl (C=O) groups excluding carboxylic acids is 1. The van der Waals surface area contributed by atoms with Gasteiger partial charge in [-0.2, -0.15) is 0 Å². The zero-order chi connectivity index (χ0) is 24.0. The number of hydrogen-bond donors (Lipinski definition) is 1. The van der Waals surface area contributed by atoms with Crippen molar-refractivity contribution >= 4 is 37.5 Å². The van der Waals surface area contributed by atoms with Gasteiger partial charge in [0.05, 0.1) is 30.8 Å². The van der Waals surface area contributed by atoms with Crippen molar-refractivity contribution in [2.45, 2.75) is 17.9 Å². The summed E-state index contributed by atoms with van der Waals surface area (Å²) < 4.78 is 39.2. The van der Waals surface area contributed by atoms with Gasteiger partial charge in [0.2, 0.25) is 5.91 Å². The average Bonchev–Trinajstić information content (AvgIpc) is 2.83. The fourth-order valence-corrected chi connectivity index (χ4v) is 4.97. The van der Waals surface area contributed by atoms with E-state index >= 15 is 0 Å². The van der Waals surface area contributed by atoms with E-state index in [0.717, 1.165) is 14.3 Å². The van der Waals surface area contributed by atoms with Crippen LogP contribution in [-0.2, 0) is 14.8 Å². The largest absolute Gasteiger partial charge is 0.493 e. The molecule has 33 heavy (non-hydrogen) atoms. The highest BCUT2D eigenvalue weighted by Gasteiger charge is 2.27. The van der Waals surface area contributed by atoms with Gasteiger partial charge in [-0.05, 0) is 61.0 Å². The van der Waals surface area contributed by atoms with Crippen molar-refractivity contribution in [3.63, 3.8) is 0 Å². The molecule has 0 heterocycles. The van der Waals surface area contributed by atoms with Crippen LogP contribution in [0.5, 0.6) is 11.5 Å². The number of benzene rings is 3. The minimum atomic E-state index is -3.96. The molecule has 3 aromatic carbocycles. The first-order chi connectivity index (χ1) is 15.8. The summed E-state index contributed by atoms with van der Waals surface area (Å²) in [6, 6.07) is 19.8. The number of anilines is 1. The van der Waals surface area contributed by atoms with Gasteiger partial charge in [-0.25, -0.2) is 8.42 Å². The highest BCUT2D eigenvalue weighted by molar-refractivity contribution is 9.10. The van der Waals surface area contributed by atoms with Crippen molar-refractivity contribution in [2.75, 3.05) is 25.1 Å². The van der Waals surface area contributed by atoms with Crippen LogP contribution in [0.1, 0.15) is 18.5 Å². The lowest BCUT2D eigenvalue weighted by molar-refractivity contribution is -0.120. The number of amides is 1. The third-order valence-electron chi connectivity index (χ3n) is 5.02. The molecule has 0 saturated heterocycles. The third-order valence-corrected chi connectivity index (χ3v) is 7.33. The van der Waals surface area contributed by atoms with E-state index in [9.17, 15) is 13.2 Å². The number of nitrogens with one attached hydrogen (secondary N) is 1. The van der Waals surface area contributed by atoms with E-state index in [-0.39, 0.29) is 17.5 Å². The van der Waals surface area contributed by atoms with Crippen LogP contribution in [0.3, 0.4) is 0 Å². The maximum absolute atomic E-state index is 13.4. The van der Waals surface area contributed by atoms with Gasteiger partial charge in [0.1, 0.15) is 6.54 Å². The summed E-state index contributed by atoms with van der Waals surface area (Å²) in [6.07, 6.45) is 0. The zero-order valence-electron chi connectivity index (χ0n) is 18.5. The minimum Gasteiger partial charge on any atom is -0.493 e. The lowest BCUT2D eigenvalue weighted by Gasteiger charge is -2.25. The Bertz CT molecular complexity index is 1200. The number of sulfonamides is 1. The van der Waals surface area contributed by atoms with Crippen LogP contribution >= 0.6 is 15.9 Å². The van der Waals surface area contributed by atoms with Gasteiger partial charge in [-0.15, -0.1) is 0 Å². The van der Waals surface area contributed by atoms with E-state index in [1.807, 2.05) is 13.0 Å². The number of ether oxygens (including phenoxy) is 2. The molecule has 0 fully saturated rings. The molecule has 0 radical (unpaired) electrons. The molecule has 0 aliphatic heterocycles. The minimum absolute atomic E-state index is 0.105. The molecule has 0 spiro atoms. The topological polar surface area (TPSA) is 84.9 Å². The van der Waals surface area contributed by atoms with E-state index in [0.29, 0.717) is 17.2 Å². The second-order valence-corrected chi connectivity index (χ2v) is 9.98. The van der Waals surface area contributed by atoms with Gasteiger partial charge in [-0.3, -0.25) is 9.10 Å². The summed E-state index contributed by atoms with van der Waals surface area (Å²) in [5.74, 6) is 0.675. The Morgan fingerprint density at radius 1 is 0.970 bits per heavy atom. The summed E-state index contributed by atoms with van der Waals surface area (Å²) >= 11 is 3.35. The summed E-state index contributed by atoms with van der Waals surface area (Å²) in [4.78, 5) is 13.1. The molecule has 1 N–H and O–H groups in total. The molecule has 0 bridgehead atoms. The Morgan fingerprint density at radius 2 is 1.61 bits per heavy atom. The Kier molecular flexibility index (Phi) is 7.99. The Morgan fingerprint density at radius 3 is 2.21 bits per heavy atom. The zero-order valence-corrected chi connectivity index (χ0v) is 20.9. The normalized spacial score (nSPS) is 12.0. The molecule has 0 aromatic heterocycles. The number of halogens is 1. The molecule has 0 unspecified atom stereocenters. The Labute approximate surface area is 202 Å². The molecule has 1 atom stereocenters. The summed E-state index contributed by atoms with van der Waals surface area (Å²) in [7, 11) is -0.876. The lowest BCUT2D eigenvalue weighted by Crippen LogP contribution is -2.41. The van der Waals surface area contributed by atoms with Crippen molar-refractivity contribution in [3.8, 4) is 11.5 Å². The number of methoxy groups -OCH3 is 2. The first-order valence-electron chi connectivity index (χ1n) is 10.1. The van der Waals surface area contributed by atoms with Crippen LogP contribution in [0.15, 0.2) is 82.2 Å². The lowest BCUT2D eigenvalue weighted by atomic mass is 10.1. The van der Waals surface area contributed by atoms with E-state index in [2.05, 4.69) is 21.2 Å². The molecule has 9 heteroatoms. The number of rotatable bonds is 9. The highest BCUT2D eigenvalue weighted by Crippen LogP contribution is 2.30. The number of hydrogen-bond acceptors (Lipinski definition) is 5. The molecule has 3 rings (SSSR count). The highest BCUT2D eigenvalue weighted by atomic mass is 79.9. The summed E-state index contributed by atoms with van der Waals surface area (Å²) in [5, 5.41) is 2.87. The van der Waals surface area contributed by atoms with Crippen molar-refractivity contribution in [2.24, 2.45) is 0 Å². The average molecular weight is 533 g/mol. The smallest absolute Gasteiger partial charge is 0.264 e. The first-order valence-corrected chi connectivity index (χ1v) is 12.3. The molecule has 0 aliphatic carbocycles. The van der Waals surface area contributed by atoms with Gasteiger partial charge < -0.3 is 14.8 Å². The van der Waals surface area contributed by atoms with Gasteiger partial charge in [-0.1, -0.05) is 40.2 Å². The van der Waals surface area contributed by atoms with Crippen LogP contribution < -0.4 is 19.1 Å². The quantitative estimate of drug-likeness (QED) is 0.437. The van der Waals surface area contributed by atoms with E-state index < -0.39 is 15.9 Å². The Hall–Kier alpha value is -3.04. The predicted molar refractivity (Wildman–Crippen MR) is 131 cm³/mol. The van der Waals surface area contributed by atoms with E-state index in [1.54, 1.807) is 61.7 Å². The van der Waals surface area contributed by atoms with Crippen molar-refractivity contribution in [1.82, 2.24) is 5.32 Å². The molecule has 174 valence electrons.